The van der Waals surface area contributed by atoms with Gasteiger partial charge in [-0.1, -0.05) is 51.5 Å². The smallest absolute Gasteiger partial charge is 0.0659 e. The van der Waals surface area contributed by atoms with E-state index in [-0.39, 0.29) is 6.04 Å². The molecule has 2 atom stereocenters. The van der Waals surface area contributed by atoms with Crippen LogP contribution in [0.1, 0.15) is 50.8 Å². The summed E-state index contributed by atoms with van der Waals surface area (Å²) in [6.07, 6.45) is 3.51. The SMILES string of the molecule is CCCC(C)COCC(N)c1ccc(CC)cc1. The molecule has 102 valence electrons. The molecule has 1 aromatic rings. The van der Waals surface area contributed by atoms with Crippen LogP contribution < -0.4 is 5.73 Å². The Kier molecular flexibility index (Phi) is 6.99. The first-order valence-electron chi connectivity index (χ1n) is 7.09. The number of ether oxygens (including phenoxy) is 1. The topological polar surface area (TPSA) is 35.2 Å². The number of hydrogen-bond donors (Lipinski definition) is 1. The minimum atomic E-state index is -0.00951. The molecule has 0 fully saturated rings. The molecule has 2 N–H and O–H groups in total. The van der Waals surface area contributed by atoms with E-state index in [9.17, 15) is 0 Å². The quantitative estimate of drug-likeness (QED) is 0.762. The van der Waals surface area contributed by atoms with Crippen LogP contribution in [-0.4, -0.2) is 13.2 Å². The molecule has 0 bridgehead atoms. The second kappa shape index (κ2) is 8.28. The number of rotatable bonds is 8. The van der Waals surface area contributed by atoms with Crippen molar-refractivity contribution in [2.75, 3.05) is 13.2 Å². The highest BCUT2D eigenvalue weighted by molar-refractivity contribution is 5.24. The fourth-order valence-electron chi connectivity index (χ4n) is 2.07. The van der Waals surface area contributed by atoms with E-state index in [1.54, 1.807) is 0 Å². The lowest BCUT2D eigenvalue weighted by Gasteiger charge is -2.15. The van der Waals surface area contributed by atoms with Gasteiger partial charge in [-0.15, -0.1) is 0 Å². The molecule has 0 aromatic heterocycles. The summed E-state index contributed by atoms with van der Waals surface area (Å²) in [6.45, 7) is 8.02. The Balaban J connectivity index is 2.33. The maximum absolute atomic E-state index is 6.12. The lowest BCUT2D eigenvalue weighted by molar-refractivity contribution is 0.0909. The van der Waals surface area contributed by atoms with Crippen molar-refractivity contribution in [3.63, 3.8) is 0 Å². The zero-order valence-corrected chi connectivity index (χ0v) is 12.0. The standard InChI is InChI=1S/C16H27NO/c1-4-6-13(3)11-18-12-16(17)15-9-7-14(5-2)8-10-15/h7-10,13,16H,4-6,11-12,17H2,1-3H3. The van der Waals surface area contributed by atoms with E-state index in [4.69, 9.17) is 10.5 Å². The average Bonchev–Trinajstić information content (AvgIpc) is 2.39. The second-order valence-electron chi connectivity index (χ2n) is 5.13. The molecule has 18 heavy (non-hydrogen) atoms. The number of benzene rings is 1. The van der Waals surface area contributed by atoms with Crippen molar-refractivity contribution in [2.45, 2.75) is 46.1 Å². The van der Waals surface area contributed by atoms with Crippen LogP contribution in [0.4, 0.5) is 0 Å². The van der Waals surface area contributed by atoms with E-state index in [2.05, 4.69) is 45.0 Å². The normalized spacial score (nSPS) is 14.4. The molecule has 0 saturated heterocycles. The first-order chi connectivity index (χ1) is 8.67. The first-order valence-corrected chi connectivity index (χ1v) is 7.09. The van der Waals surface area contributed by atoms with E-state index < -0.39 is 0 Å². The lowest BCUT2D eigenvalue weighted by atomic mass is 10.0. The molecule has 0 amide bonds. The molecule has 0 aliphatic heterocycles. The Bertz CT molecular complexity index is 320. The zero-order valence-electron chi connectivity index (χ0n) is 12.0. The van der Waals surface area contributed by atoms with Gasteiger partial charge in [-0.25, -0.2) is 0 Å². The lowest BCUT2D eigenvalue weighted by Crippen LogP contribution is -2.19. The highest BCUT2D eigenvalue weighted by Gasteiger charge is 2.07. The van der Waals surface area contributed by atoms with Gasteiger partial charge >= 0.3 is 0 Å². The van der Waals surface area contributed by atoms with Gasteiger partial charge in [0.05, 0.1) is 12.6 Å². The van der Waals surface area contributed by atoms with E-state index in [0.29, 0.717) is 12.5 Å². The summed E-state index contributed by atoms with van der Waals surface area (Å²) < 4.78 is 5.70. The number of hydrogen-bond acceptors (Lipinski definition) is 2. The Morgan fingerprint density at radius 3 is 2.33 bits per heavy atom. The molecule has 0 saturated carbocycles. The fraction of sp³-hybridized carbons (Fsp3) is 0.625. The average molecular weight is 249 g/mol. The van der Waals surface area contributed by atoms with Crippen LogP contribution in [0.3, 0.4) is 0 Å². The van der Waals surface area contributed by atoms with Crippen LogP contribution in [-0.2, 0) is 11.2 Å². The maximum Gasteiger partial charge on any atom is 0.0659 e. The van der Waals surface area contributed by atoms with Crippen molar-refractivity contribution in [3.8, 4) is 0 Å². The summed E-state index contributed by atoms with van der Waals surface area (Å²) >= 11 is 0. The predicted molar refractivity (Wildman–Crippen MR) is 77.6 cm³/mol. The molecule has 2 nitrogen and oxygen atoms in total. The van der Waals surface area contributed by atoms with Crippen molar-refractivity contribution in [1.29, 1.82) is 0 Å². The van der Waals surface area contributed by atoms with Crippen molar-refractivity contribution >= 4 is 0 Å². The van der Waals surface area contributed by atoms with E-state index in [1.807, 2.05) is 0 Å². The number of nitrogens with two attached hydrogens (primary N) is 1. The Morgan fingerprint density at radius 1 is 1.11 bits per heavy atom. The van der Waals surface area contributed by atoms with Crippen molar-refractivity contribution in [3.05, 3.63) is 35.4 Å². The van der Waals surface area contributed by atoms with Gasteiger partial charge < -0.3 is 10.5 Å². The minimum absolute atomic E-state index is 0.00951. The maximum atomic E-state index is 6.12. The highest BCUT2D eigenvalue weighted by Crippen LogP contribution is 2.13. The van der Waals surface area contributed by atoms with Crippen LogP contribution in [0.25, 0.3) is 0 Å². The van der Waals surface area contributed by atoms with E-state index >= 15 is 0 Å². The summed E-state index contributed by atoms with van der Waals surface area (Å²) in [6, 6.07) is 8.51. The molecule has 0 radical (unpaired) electrons. The largest absolute Gasteiger partial charge is 0.379 e. The highest BCUT2D eigenvalue weighted by atomic mass is 16.5. The third-order valence-electron chi connectivity index (χ3n) is 3.30. The van der Waals surface area contributed by atoms with Crippen molar-refractivity contribution < 1.29 is 4.74 Å². The molecular formula is C16H27NO. The predicted octanol–water partition coefficient (Wildman–Crippen LogP) is 3.70. The second-order valence-corrected chi connectivity index (χ2v) is 5.13. The van der Waals surface area contributed by atoms with Gasteiger partial charge in [-0.2, -0.15) is 0 Å². The molecule has 2 heteroatoms. The van der Waals surface area contributed by atoms with Crippen LogP contribution in [0, 0.1) is 5.92 Å². The van der Waals surface area contributed by atoms with E-state index in [1.165, 1.54) is 18.4 Å². The molecule has 0 aliphatic rings. The summed E-state index contributed by atoms with van der Waals surface area (Å²) in [5.74, 6) is 0.629. The Morgan fingerprint density at radius 2 is 1.78 bits per heavy atom. The molecule has 0 heterocycles. The van der Waals surface area contributed by atoms with Crippen LogP contribution in [0.5, 0.6) is 0 Å². The minimum Gasteiger partial charge on any atom is -0.379 e. The third kappa shape index (κ3) is 5.19. The van der Waals surface area contributed by atoms with Gasteiger partial charge in [0.1, 0.15) is 0 Å². The monoisotopic (exact) mass is 249 g/mol. The number of aryl methyl sites for hydroxylation is 1. The first kappa shape index (κ1) is 15.2. The summed E-state index contributed by atoms with van der Waals surface area (Å²) in [7, 11) is 0. The van der Waals surface area contributed by atoms with Crippen LogP contribution in [0.2, 0.25) is 0 Å². The van der Waals surface area contributed by atoms with Crippen LogP contribution >= 0.6 is 0 Å². The molecule has 0 spiro atoms. The Labute approximate surface area is 112 Å². The van der Waals surface area contributed by atoms with Crippen molar-refractivity contribution in [1.82, 2.24) is 0 Å². The summed E-state index contributed by atoms with van der Waals surface area (Å²) in [4.78, 5) is 0. The Hall–Kier alpha value is -0.860. The van der Waals surface area contributed by atoms with E-state index in [0.717, 1.165) is 18.6 Å². The zero-order chi connectivity index (χ0) is 13.4. The van der Waals surface area contributed by atoms with Crippen molar-refractivity contribution in [2.24, 2.45) is 11.7 Å². The summed E-state index contributed by atoms with van der Waals surface area (Å²) in [5, 5.41) is 0. The van der Waals surface area contributed by atoms with Gasteiger partial charge in [-0.05, 0) is 29.9 Å². The summed E-state index contributed by atoms with van der Waals surface area (Å²) in [5.41, 5.74) is 8.63. The molecule has 2 unspecified atom stereocenters. The molecule has 0 aliphatic carbocycles. The van der Waals surface area contributed by atoms with Gasteiger partial charge in [0.25, 0.3) is 0 Å². The molecular weight excluding hydrogens is 222 g/mol. The van der Waals surface area contributed by atoms with Gasteiger partial charge in [0, 0.05) is 6.61 Å². The third-order valence-corrected chi connectivity index (χ3v) is 3.30. The van der Waals surface area contributed by atoms with Crippen LogP contribution in [0.15, 0.2) is 24.3 Å². The van der Waals surface area contributed by atoms with Gasteiger partial charge in [-0.3, -0.25) is 0 Å². The fourth-order valence-corrected chi connectivity index (χ4v) is 2.07. The van der Waals surface area contributed by atoms with Gasteiger partial charge in [0.2, 0.25) is 0 Å². The molecule has 1 rings (SSSR count). The van der Waals surface area contributed by atoms with Gasteiger partial charge in [0.15, 0.2) is 0 Å². The molecule has 1 aromatic carbocycles.